The summed E-state index contributed by atoms with van der Waals surface area (Å²) >= 11 is 0. The van der Waals surface area contributed by atoms with E-state index >= 15 is 0 Å². The first-order chi connectivity index (χ1) is 12.3. The van der Waals surface area contributed by atoms with Crippen molar-refractivity contribution in [3.63, 3.8) is 0 Å². The highest BCUT2D eigenvalue weighted by Crippen LogP contribution is 2.31. The van der Waals surface area contributed by atoms with Crippen molar-refractivity contribution in [3.8, 4) is 11.4 Å². The second kappa shape index (κ2) is 7.31. The summed E-state index contributed by atoms with van der Waals surface area (Å²) in [6.07, 6.45) is 8.10. The molecule has 3 heterocycles. The molecule has 1 aliphatic carbocycles. The number of hydrogen-bond acceptors (Lipinski definition) is 6. The molecule has 0 spiro atoms. The molecule has 7 nitrogen and oxygen atoms in total. The lowest BCUT2D eigenvalue weighted by Crippen LogP contribution is -2.31. The van der Waals surface area contributed by atoms with Crippen molar-refractivity contribution in [1.29, 1.82) is 0 Å². The van der Waals surface area contributed by atoms with Crippen LogP contribution in [-0.2, 0) is 11.2 Å². The van der Waals surface area contributed by atoms with Gasteiger partial charge in [-0.2, -0.15) is 4.98 Å². The number of aromatic nitrogens is 3. The van der Waals surface area contributed by atoms with Gasteiger partial charge >= 0.3 is 0 Å². The average Bonchev–Trinajstić information content (AvgIpc) is 3.20. The summed E-state index contributed by atoms with van der Waals surface area (Å²) < 4.78 is 5.22. The van der Waals surface area contributed by atoms with Crippen LogP contribution in [-0.4, -0.2) is 51.6 Å². The second-order valence-corrected chi connectivity index (χ2v) is 6.94. The van der Waals surface area contributed by atoms with Crippen LogP contribution in [0.4, 0.5) is 0 Å². The topological polar surface area (TPSA) is 84.1 Å². The van der Waals surface area contributed by atoms with Crippen LogP contribution in [0.15, 0.2) is 29.0 Å². The van der Waals surface area contributed by atoms with Crippen molar-refractivity contribution in [1.82, 2.24) is 25.3 Å². The molecule has 0 bridgehead atoms. The van der Waals surface area contributed by atoms with Gasteiger partial charge in [0.25, 0.3) is 0 Å². The number of hydrogen-bond donors (Lipinski definition) is 1. The highest BCUT2D eigenvalue weighted by Gasteiger charge is 2.34. The van der Waals surface area contributed by atoms with Crippen LogP contribution in [0.5, 0.6) is 0 Å². The normalized spacial score (nSPS) is 20.7. The zero-order valence-corrected chi connectivity index (χ0v) is 14.2. The Hall–Kier alpha value is -2.28. The highest BCUT2D eigenvalue weighted by atomic mass is 16.5. The summed E-state index contributed by atoms with van der Waals surface area (Å²) in [5.74, 6) is 1.63. The highest BCUT2D eigenvalue weighted by molar-refractivity contribution is 5.76. The summed E-state index contributed by atoms with van der Waals surface area (Å²) in [5, 5.41) is 6.99. The number of rotatable bonds is 7. The summed E-state index contributed by atoms with van der Waals surface area (Å²) in [6, 6.07) is 4.53. The number of nitrogens with zero attached hydrogens (tertiary/aromatic N) is 4. The molecule has 1 amide bonds. The van der Waals surface area contributed by atoms with E-state index in [0.29, 0.717) is 30.5 Å². The van der Waals surface area contributed by atoms with Crippen molar-refractivity contribution in [2.75, 3.05) is 19.6 Å². The van der Waals surface area contributed by atoms with Gasteiger partial charge in [0.05, 0.1) is 0 Å². The van der Waals surface area contributed by atoms with E-state index in [4.69, 9.17) is 4.52 Å². The lowest BCUT2D eigenvalue weighted by Gasteiger charge is -2.15. The zero-order valence-electron chi connectivity index (χ0n) is 14.2. The molecule has 2 aromatic heterocycles. The summed E-state index contributed by atoms with van der Waals surface area (Å²) in [5.41, 5.74) is 0.809. The molecule has 2 aliphatic rings. The van der Waals surface area contributed by atoms with E-state index in [1.807, 2.05) is 12.1 Å². The van der Waals surface area contributed by atoms with Gasteiger partial charge in [-0.15, -0.1) is 0 Å². The third kappa shape index (κ3) is 4.22. The molecule has 1 aliphatic heterocycles. The van der Waals surface area contributed by atoms with Gasteiger partial charge in [-0.3, -0.25) is 9.78 Å². The van der Waals surface area contributed by atoms with Crippen molar-refractivity contribution in [3.05, 3.63) is 30.4 Å². The van der Waals surface area contributed by atoms with Crippen LogP contribution in [0, 0.1) is 5.92 Å². The van der Waals surface area contributed by atoms with Gasteiger partial charge in [-0.1, -0.05) is 5.16 Å². The van der Waals surface area contributed by atoms with Crippen molar-refractivity contribution in [2.24, 2.45) is 5.92 Å². The SMILES string of the molecule is O=C(CCc1nc(-c2cccnc2)no1)NC[C@@H]1CCN(C2CC2)C1. The molecule has 0 aromatic carbocycles. The largest absolute Gasteiger partial charge is 0.356 e. The molecule has 1 saturated heterocycles. The van der Waals surface area contributed by atoms with Crippen molar-refractivity contribution in [2.45, 2.75) is 38.1 Å². The molecule has 1 atom stereocenters. The Morgan fingerprint density at radius 3 is 3.08 bits per heavy atom. The average molecular weight is 341 g/mol. The van der Waals surface area contributed by atoms with E-state index in [0.717, 1.165) is 24.7 Å². The van der Waals surface area contributed by atoms with E-state index < -0.39 is 0 Å². The van der Waals surface area contributed by atoms with Crippen LogP contribution in [0.2, 0.25) is 0 Å². The number of carbonyl (C=O) groups excluding carboxylic acids is 1. The Bertz CT molecular complexity index is 713. The number of carbonyl (C=O) groups is 1. The van der Waals surface area contributed by atoms with E-state index in [-0.39, 0.29) is 5.91 Å². The first-order valence-electron chi connectivity index (χ1n) is 9.01. The van der Waals surface area contributed by atoms with Gasteiger partial charge in [0.15, 0.2) is 0 Å². The molecule has 2 fully saturated rings. The summed E-state index contributed by atoms with van der Waals surface area (Å²) in [4.78, 5) is 23.0. The Balaban J connectivity index is 1.19. The lowest BCUT2D eigenvalue weighted by molar-refractivity contribution is -0.121. The van der Waals surface area contributed by atoms with Gasteiger partial charge in [-0.25, -0.2) is 0 Å². The maximum Gasteiger partial charge on any atom is 0.227 e. The smallest absolute Gasteiger partial charge is 0.227 e. The molecular weight excluding hydrogens is 318 g/mol. The first-order valence-corrected chi connectivity index (χ1v) is 9.01. The predicted molar refractivity (Wildman–Crippen MR) is 91.6 cm³/mol. The number of likely N-dealkylation sites (tertiary alicyclic amines) is 1. The summed E-state index contributed by atoms with van der Waals surface area (Å²) in [7, 11) is 0. The number of aryl methyl sites for hydroxylation is 1. The third-order valence-corrected chi connectivity index (χ3v) is 4.92. The standard InChI is InChI=1S/C18H23N5O2/c24-16(20-10-13-7-9-23(12-13)15-3-4-15)5-6-17-21-18(22-25-17)14-2-1-8-19-11-14/h1-2,8,11,13,15H,3-7,9-10,12H2,(H,20,24)/t13-/m0/s1. The minimum atomic E-state index is 0.0472. The minimum absolute atomic E-state index is 0.0472. The second-order valence-electron chi connectivity index (χ2n) is 6.94. The molecule has 4 rings (SSSR count). The maximum absolute atomic E-state index is 12.1. The first kappa shape index (κ1) is 16.2. The van der Waals surface area contributed by atoms with Gasteiger partial charge in [0, 0.05) is 49.9 Å². The Labute approximate surface area is 146 Å². The van der Waals surface area contributed by atoms with Gasteiger partial charge in [0.1, 0.15) is 0 Å². The van der Waals surface area contributed by atoms with Crippen LogP contribution >= 0.6 is 0 Å². The fourth-order valence-electron chi connectivity index (χ4n) is 3.34. The van der Waals surface area contributed by atoms with Crippen LogP contribution in [0.1, 0.15) is 31.6 Å². The number of amides is 1. The molecule has 7 heteroatoms. The molecule has 2 aromatic rings. The quantitative estimate of drug-likeness (QED) is 0.825. The summed E-state index contributed by atoms with van der Waals surface area (Å²) in [6.45, 7) is 3.08. The van der Waals surface area contributed by atoms with E-state index in [2.05, 4.69) is 25.3 Å². The Morgan fingerprint density at radius 1 is 1.36 bits per heavy atom. The zero-order chi connectivity index (χ0) is 17.1. The molecular formula is C18H23N5O2. The fraction of sp³-hybridized carbons (Fsp3) is 0.556. The lowest BCUT2D eigenvalue weighted by atomic mass is 10.1. The maximum atomic E-state index is 12.1. The molecule has 1 N–H and O–H groups in total. The Morgan fingerprint density at radius 2 is 2.28 bits per heavy atom. The molecule has 0 unspecified atom stereocenters. The number of nitrogens with one attached hydrogen (secondary N) is 1. The van der Waals surface area contributed by atoms with Gasteiger partial charge in [-0.05, 0) is 43.9 Å². The minimum Gasteiger partial charge on any atom is -0.356 e. The van der Waals surface area contributed by atoms with Crippen LogP contribution < -0.4 is 5.32 Å². The van der Waals surface area contributed by atoms with E-state index in [1.54, 1.807) is 12.4 Å². The van der Waals surface area contributed by atoms with E-state index in [9.17, 15) is 4.79 Å². The third-order valence-electron chi connectivity index (χ3n) is 4.92. The van der Waals surface area contributed by atoms with Crippen LogP contribution in [0.25, 0.3) is 11.4 Å². The molecule has 132 valence electrons. The predicted octanol–water partition coefficient (Wildman–Crippen LogP) is 1.66. The van der Waals surface area contributed by atoms with Crippen molar-refractivity contribution >= 4 is 5.91 Å². The van der Waals surface area contributed by atoms with Gasteiger partial charge in [0.2, 0.25) is 17.6 Å². The van der Waals surface area contributed by atoms with E-state index in [1.165, 1.54) is 25.8 Å². The van der Waals surface area contributed by atoms with Gasteiger partial charge < -0.3 is 14.7 Å². The fourth-order valence-corrected chi connectivity index (χ4v) is 3.34. The molecule has 1 saturated carbocycles. The van der Waals surface area contributed by atoms with Crippen LogP contribution in [0.3, 0.4) is 0 Å². The van der Waals surface area contributed by atoms with Crippen molar-refractivity contribution < 1.29 is 9.32 Å². The molecule has 0 radical (unpaired) electrons. The Kier molecular flexibility index (Phi) is 4.74. The monoisotopic (exact) mass is 341 g/mol. The molecule has 25 heavy (non-hydrogen) atoms. The number of pyridine rings is 1.